The SMILES string of the molecule is NCCS(=O)(=O)N1[C@@H]2CC[C@H]1C[C@H](NC(=O)c1cc(C3CC3)on1)C2. The first kappa shape index (κ1) is 17.0. The third-order valence-electron chi connectivity index (χ3n) is 5.44. The molecule has 4 rings (SSSR count). The van der Waals surface area contributed by atoms with Crippen LogP contribution >= 0.6 is 0 Å². The van der Waals surface area contributed by atoms with Gasteiger partial charge in [0, 0.05) is 36.7 Å². The zero-order valence-corrected chi connectivity index (χ0v) is 14.9. The van der Waals surface area contributed by atoms with E-state index in [1.807, 2.05) is 0 Å². The van der Waals surface area contributed by atoms with Crippen molar-refractivity contribution in [2.75, 3.05) is 12.3 Å². The van der Waals surface area contributed by atoms with E-state index in [1.165, 1.54) is 0 Å². The lowest BCUT2D eigenvalue weighted by Gasteiger charge is -2.38. The van der Waals surface area contributed by atoms with E-state index in [4.69, 9.17) is 10.3 Å². The molecule has 8 nitrogen and oxygen atoms in total. The van der Waals surface area contributed by atoms with Crippen molar-refractivity contribution in [3.63, 3.8) is 0 Å². The van der Waals surface area contributed by atoms with Crippen LogP contribution < -0.4 is 11.1 Å². The maximum Gasteiger partial charge on any atom is 0.273 e. The highest BCUT2D eigenvalue weighted by molar-refractivity contribution is 7.89. The maximum atomic E-state index is 12.4. The van der Waals surface area contributed by atoms with Gasteiger partial charge in [-0.3, -0.25) is 4.79 Å². The molecule has 1 amide bonds. The molecule has 1 aromatic rings. The number of rotatable bonds is 6. The Morgan fingerprint density at radius 2 is 1.96 bits per heavy atom. The average molecular weight is 368 g/mol. The first-order valence-corrected chi connectivity index (χ1v) is 10.6. The van der Waals surface area contributed by atoms with Crippen LogP contribution in [0.25, 0.3) is 0 Å². The molecule has 138 valence electrons. The molecule has 0 unspecified atom stereocenters. The first-order chi connectivity index (χ1) is 12.0. The van der Waals surface area contributed by atoms with Gasteiger partial charge in [0.05, 0.1) is 5.75 Å². The van der Waals surface area contributed by atoms with Gasteiger partial charge in [0.1, 0.15) is 5.76 Å². The second kappa shape index (κ2) is 6.37. The molecule has 1 saturated carbocycles. The Morgan fingerprint density at radius 3 is 2.56 bits per heavy atom. The molecule has 2 saturated heterocycles. The minimum atomic E-state index is -3.30. The van der Waals surface area contributed by atoms with Crippen LogP contribution in [-0.2, 0) is 10.0 Å². The molecule has 2 bridgehead atoms. The van der Waals surface area contributed by atoms with Gasteiger partial charge in [0.15, 0.2) is 5.69 Å². The summed E-state index contributed by atoms with van der Waals surface area (Å²) in [6.07, 6.45) is 5.15. The van der Waals surface area contributed by atoms with Gasteiger partial charge in [-0.25, -0.2) is 8.42 Å². The van der Waals surface area contributed by atoms with Crippen molar-refractivity contribution in [3.8, 4) is 0 Å². The molecule has 1 aliphatic carbocycles. The predicted molar refractivity (Wildman–Crippen MR) is 90.5 cm³/mol. The summed E-state index contributed by atoms with van der Waals surface area (Å²) < 4.78 is 31.7. The predicted octanol–water partition coefficient (Wildman–Crippen LogP) is 0.566. The summed E-state index contributed by atoms with van der Waals surface area (Å²) >= 11 is 0. The molecule has 0 spiro atoms. The number of carbonyl (C=O) groups excluding carboxylic acids is 1. The van der Waals surface area contributed by atoms with Gasteiger partial charge >= 0.3 is 0 Å². The molecule has 3 N–H and O–H groups in total. The Labute approximate surface area is 147 Å². The molecule has 3 atom stereocenters. The van der Waals surface area contributed by atoms with Crippen LogP contribution in [0.4, 0.5) is 0 Å². The van der Waals surface area contributed by atoms with Crippen molar-refractivity contribution in [2.45, 2.75) is 62.6 Å². The molecule has 1 aromatic heterocycles. The fourth-order valence-corrected chi connectivity index (χ4v) is 5.98. The molecule has 2 aliphatic heterocycles. The monoisotopic (exact) mass is 368 g/mol. The molecular weight excluding hydrogens is 344 g/mol. The summed E-state index contributed by atoms with van der Waals surface area (Å²) in [5, 5.41) is 6.87. The van der Waals surface area contributed by atoms with Gasteiger partial charge in [0.25, 0.3) is 5.91 Å². The van der Waals surface area contributed by atoms with Crippen molar-refractivity contribution in [1.29, 1.82) is 0 Å². The minimum absolute atomic E-state index is 0.0140. The van der Waals surface area contributed by atoms with Crippen molar-refractivity contribution in [2.24, 2.45) is 5.73 Å². The summed E-state index contributed by atoms with van der Waals surface area (Å²) in [6, 6.07) is 1.61. The zero-order valence-electron chi connectivity index (χ0n) is 14.1. The van der Waals surface area contributed by atoms with Crippen molar-refractivity contribution < 1.29 is 17.7 Å². The number of piperidine rings is 1. The lowest BCUT2D eigenvalue weighted by molar-refractivity contribution is 0.0900. The van der Waals surface area contributed by atoms with E-state index >= 15 is 0 Å². The van der Waals surface area contributed by atoms with Crippen LogP contribution in [0.2, 0.25) is 0 Å². The molecule has 9 heteroatoms. The normalized spacial score (nSPS) is 29.7. The fourth-order valence-electron chi connectivity index (χ4n) is 4.18. The number of nitrogens with one attached hydrogen (secondary N) is 1. The van der Waals surface area contributed by atoms with Gasteiger partial charge in [-0.05, 0) is 38.5 Å². The summed E-state index contributed by atoms with van der Waals surface area (Å²) in [5.74, 6) is 0.951. The summed E-state index contributed by atoms with van der Waals surface area (Å²) in [4.78, 5) is 12.4. The summed E-state index contributed by atoms with van der Waals surface area (Å²) in [5.41, 5.74) is 5.75. The van der Waals surface area contributed by atoms with Gasteiger partial charge in [-0.2, -0.15) is 4.31 Å². The average Bonchev–Trinajstić information content (AvgIpc) is 3.21. The quantitative estimate of drug-likeness (QED) is 0.757. The number of sulfonamides is 1. The summed E-state index contributed by atoms with van der Waals surface area (Å²) in [7, 11) is -3.30. The minimum Gasteiger partial charge on any atom is -0.360 e. The number of nitrogens with two attached hydrogens (primary N) is 1. The van der Waals surface area contributed by atoms with E-state index < -0.39 is 10.0 Å². The van der Waals surface area contributed by atoms with E-state index in [2.05, 4.69) is 10.5 Å². The number of amides is 1. The molecule has 0 radical (unpaired) electrons. The van der Waals surface area contributed by atoms with Crippen molar-refractivity contribution in [3.05, 3.63) is 17.5 Å². The van der Waals surface area contributed by atoms with E-state index in [1.54, 1.807) is 10.4 Å². The van der Waals surface area contributed by atoms with Crippen molar-refractivity contribution in [1.82, 2.24) is 14.8 Å². The van der Waals surface area contributed by atoms with Gasteiger partial charge in [-0.15, -0.1) is 0 Å². The lowest BCUT2D eigenvalue weighted by atomic mass is 9.99. The third kappa shape index (κ3) is 3.32. The van der Waals surface area contributed by atoms with Gasteiger partial charge in [0.2, 0.25) is 10.0 Å². The molecule has 3 heterocycles. The van der Waals surface area contributed by atoms with Crippen LogP contribution in [-0.4, -0.2) is 54.2 Å². The van der Waals surface area contributed by atoms with Crippen LogP contribution in [0.1, 0.15) is 60.7 Å². The van der Waals surface area contributed by atoms with Crippen LogP contribution in [0.15, 0.2) is 10.6 Å². The topological polar surface area (TPSA) is 119 Å². The Hall–Kier alpha value is -1.45. The van der Waals surface area contributed by atoms with Crippen LogP contribution in [0.3, 0.4) is 0 Å². The highest BCUT2D eigenvalue weighted by Gasteiger charge is 2.46. The molecule has 0 aromatic carbocycles. The molecule has 3 fully saturated rings. The molecule has 3 aliphatic rings. The Bertz CT molecular complexity index is 744. The van der Waals surface area contributed by atoms with Crippen molar-refractivity contribution >= 4 is 15.9 Å². The van der Waals surface area contributed by atoms with E-state index in [-0.39, 0.29) is 36.3 Å². The lowest BCUT2D eigenvalue weighted by Crippen LogP contribution is -2.53. The number of nitrogens with zero attached hydrogens (tertiary/aromatic N) is 2. The van der Waals surface area contributed by atoms with E-state index in [0.717, 1.165) is 31.4 Å². The number of carbonyl (C=O) groups is 1. The van der Waals surface area contributed by atoms with Gasteiger partial charge < -0.3 is 15.6 Å². The van der Waals surface area contributed by atoms with Gasteiger partial charge in [-0.1, -0.05) is 5.16 Å². The highest BCUT2D eigenvalue weighted by atomic mass is 32.2. The van der Waals surface area contributed by atoms with E-state index in [9.17, 15) is 13.2 Å². The first-order valence-electron chi connectivity index (χ1n) is 8.96. The number of hydrogen-bond acceptors (Lipinski definition) is 6. The smallest absolute Gasteiger partial charge is 0.273 e. The fraction of sp³-hybridized carbons (Fsp3) is 0.750. The number of aromatic nitrogens is 1. The summed E-state index contributed by atoms with van der Waals surface area (Å²) in [6.45, 7) is 0.133. The Balaban J connectivity index is 1.40. The maximum absolute atomic E-state index is 12.4. The standard InChI is InChI=1S/C16H24N4O4S/c17-5-6-25(22,23)20-12-3-4-13(20)8-11(7-12)18-16(21)14-9-15(24-19-14)10-1-2-10/h9-13H,1-8,17H2,(H,18,21)/t11-,12-,13+. The van der Waals surface area contributed by atoms with Crippen LogP contribution in [0.5, 0.6) is 0 Å². The molecular formula is C16H24N4O4S. The highest BCUT2D eigenvalue weighted by Crippen LogP contribution is 2.40. The number of fused-ring (bicyclic) bond motifs is 2. The van der Waals surface area contributed by atoms with E-state index in [0.29, 0.717) is 24.5 Å². The second-order valence-electron chi connectivity index (χ2n) is 7.35. The van der Waals surface area contributed by atoms with Crippen LogP contribution in [0, 0.1) is 0 Å². The number of hydrogen-bond donors (Lipinski definition) is 2. The Kier molecular flexibility index (Phi) is 4.33. The second-order valence-corrected chi connectivity index (χ2v) is 9.34. The Morgan fingerprint density at radius 1 is 1.28 bits per heavy atom. The largest absolute Gasteiger partial charge is 0.360 e. The third-order valence-corrected chi connectivity index (χ3v) is 7.43. The molecule has 25 heavy (non-hydrogen) atoms. The zero-order chi connectivity index (χ0) is 17.6.